The van der Waals surface area contributed by atoms with Crippen LogP contribution in [0.3, 0.4) is 0 Å². The van der Waals surface area contributed by atoms with Gasteiger partial charge in [0.15, 0.2) is 0 Å². The number of nitrogens with one attached hydrogen (secondary N) is 2. The molecule has 1 saturated heterocycles. The second-order valence-electron chi connectivity index (χ2n) is 9.66. The van der Waals surface area contributed by atoms with Gasteiger partial charge in [0.1, 0.15) is 5.92 Å². The lowest BCUT2D eigenvalue weighted by molar-refractivity contribution is -0.115. The van der Waals surface area contributed by atoms with Crippen molar-refractivity contribution in [3.05, 3.63) is 95.1 Å². The van der Waals surface area contributed by atoms with Gasteiger partial charge >= 0.3 is 0 Å². The van der Waals surface area contributed by atoms with Crippen molar-refractivity contribution in [1.82, 2.24) is 10.2 Å². The molecular weight excluding hydrogens is 448 g/mol. The summed E-state index contributed by atoms with van der Waals surface area (Å²) < 4.78 is 0. The largest absolute Gasteiger partial charge is 0.346 e. The molecule has 2 amide bonds. The van der Waals surface area contributed by atoms with E-state index in [4.69, 9.17) is 0 Å². The molecular formula is C30H32N4O2. The van der Waals surface area contributed by atoms with E-state index in [1.807, 2.05) is 55.5 Å². The maximum atomic E-state index is 12.8. The third-order valence-corrected chi connectivity index (χ3v) is 7.00. The van der Waals surface area contributed by atoms with E-state index in [0.29, 0.717) is 11.3 Å². The number of amides is 2. The molecule has 0 spiro atoms. The molecule has 0 saturated carbocycles. The number of carbonyl (C=O) groups excluding carboxylic acids is 2. The third-order valence-electron chi connectivity index (χ3n) is 7.00. The van der Waals surface area contributed by atoms with Crippen molar-refractivity contribution in [2.24, 2.45) is 4.99 Å². The number of likely N-dealkylation sites (tertiary alicyclic amines) is 1. The van der Waals surface area contributed by atoms with Crippen molar-refractivity contribution in [1.29, 1.82) is 0 Å². The molecule has 184 valence electrons. The standard InChI is InChI=1S/C30H32N4O2/c1-21(23-8-4-2-5-9-23)32-29(35)24-12-15-26-27(30(36)33-28(26)18-24)19-31-25-13-10-22(11-14-25)20-34-16-6-3-7-17-34/h2,4-5,8-15,18-19,21,27H,3,6-7,16-17,20H2,1H3,(H,32,35)(H,33,36). The molecule has 2 N–H and O–H groups in total. The molecule has 2 unspecified atom stereocenters. The van der Waals surface area contributed by atoms with E-state index in [0.717, 1.165) is 23.4 Å². The lowest BCUT2D eigenvalue weighted by Gasteiger charge is -2.26. The Balaban J connectivity index is 1.23. The van der Waals surface area contributed by atoms with Crippen molar-refractivity contribution in [3.63, 3.8) is 0 Å². The van der Waals surface area contributed by atoms with Gasteiger partial charge in [-0.25, -0.2) is 0 Å². The average Bonchev–Trinajstić information content (AvgIpc) is 3.23. The van der Waals surface area contributed by atoms with E-state index in [9.17, 15) is 9.59 Å². The summed E-state index contributed by atoms with van der Waals surface area (Å²) in [5.41, 5.74) is 5.15. The van der Waals surface area contributed by atoms with Gasteiger partial charge in [0.2, 0.25) is 5.91 Å². The van der Waals surface area contributed by atoms with Gasteiger partial charge in [0, 0.05) is 24.0 Å². The first-order valence-electron chi connectivity index (χ1n) is 12.7. The first kappa shape index (κ1) is 23.9. The second-order valence-corrected chi connectivity index (χ2v) is 9.66. The van der Waals surface area contributed by atoms with Crippen molar-refractivity contribution in [3.8, 4) is 0 Å². The number of hydrogen-bond donors (Lipinski definition) is 2. The smallest absolute Gasteiger partial charge is 0.251 e. The summed E-state index contributed by atoms with van der Waals surface area (Å²) in [4.78, 5) is 32.5. The number of benzene rings is 3. The van der Waals surface area contributed by atoms with Crippen molar-refractivity contribution in [2.45, 2.75) is 44.7 Å². The molecule has 6 nitrogen and oxygen atoms in total. The normalized spacial score (nSPS) is 18.6. The Labute approximate surface area is 212 Å². The monoisotopic (exact) mass is 480 g/mol. The first-order valence-corrected chi connectivity index (χ1v) is 12.7. The first-order chi connectivity index (χ1) is 17.6. The predicted molar refractivity (Wildman–Crippen MR) is 144 cm³/mol. The minimum Gasteiger partial charge on any atom is -0.346 e. The average molecular weight is 481 g/mol. The summed E-state index contributed by atoms with van der Waals surface area (Å²) in [7, 11) is 0. The maximum absolute atomic E-state index is 12.8. The quantitative estimate of drug-likeness (QED) is 0.432. The summed E-state index contributed by atoms with van der Waals surface area (Å²) in [5, 5.41) is 5.92. The van der Waals surface area contributed by atoms with E-state index in [1.54, 1.807) is 18.3 Å². The number of carbonyl (C=O) groups is 2. The van der Waals surface area contributed by atoms with E-state index in [-0.39, 0.29) is 17.9 Å². The van der Waals surface area contributed by atoms with E-state index in [1.165, 1.54) is 37.9 Å². The number of rotatable bonds is 7. The Morgan fingerprint density at radius 3 is 2.56 bits per heavy atom. The van der Waals surface area contributed by atoms with Gasteiger partial charge in [0.05, 0.1) is 11.7 Å². The van der Waals surface area contributed by atoms with Crippen molar-refractivity contribution in [2.75, 3.05) is 18.4 Å². The van der Waals surface area contributed by atoms with Gasteiger partial charge in [-0.3, -0.25) is 19.5 Å². The highest BCUT2D eigenvalue weighted by atomic mass is 16.2. The molecule has 2 aliphatic heterocycles. The fraction of sp³-hybridized carbons (Fsp3) is 0.300. The molecule has 3 aromatic rings. The molecule has 2 aliphatic rings. The van der Waals surface area contributed by atoms with E-state index >= 15 is 0 Å². The lowest BCUT2D eigenvalue weighted by atomic mass is 10.00. The Kier molecular flexibility index (Phi) is 7.23. The molecule has 0 bridgehead atoms. The van der Waals surface area contributed by atoms with Gasteiger partial charge in [-0.15, -0.1) is 0 Å². The highest BCUT2D eigenvalue weighted by molar-refractivity contribution is 6.13. The molecule has 0 aromatic heterocycles. The van der Waals surface area contributed by atoms with Crippen LogP contribution in [0.5, 0.6) is 0 Å². The van der Waals surface area contributed by atoms with Crippen LogP contribution in [0.25, 0.3) is 0 Å². The van der Waals surface area contributed by atoms with Gasteiger partial charge in [-0.05, 0) is 73.8 Å². The highest BCUT2D eigenvalue weighted by Gasteiger charge is 2.30. The number of aliphatic imine (C=N–C) groups is 1. The second kappa shape index (κ2) is 10.9. The molecule has 0 radical (unpaired) electrons. The van der Waals surface area contributed by atoms with E-state index < -0.39 is 5.92 Å². The Hall–Kier alpha value is -3.77. The molecule has 0 aliphatic carbocycles. The van der Waals surface area contributed by atoms with Crippen LogP contribution in [0, 0.1) is 0 Å². The third kappa shape index (κ3) is 5.55. The molecule has 36 heavy (non-hydrogen) atoms. The molecule has 1 fully saturated rings. The SMILES string of the molecule is CC(NC(=O)c1ccc2c(c1)NC(=O)C2C=Nc1ccc(CN2CCCCC2)cc1)c1ccccc1. The molecule has 2 atom stereocenters. The van der Waals surface area contributed by atoms with Crippen LogP contribution in [0.4, 0.5) is 11.4 Å². The summed E-state index contributed by atoms with van der Waals surface area (Å²) >= 11 is 0. The lowest BCUT2D eigenvalue weighted by Crippen LogP contribution is -2.28. The minimum absolute atomic E-state index is 0.118. The van der Waals surface area contributed by atoms with Crippen LogP contribution in [0.1, 0.15) is 65.2 Å². The topological polar surface area (TPSA) is 73.8 Å². The fourth-order valence-electron chi connectivity index (χ4n) is 4.91. The number of anilines is 1. The summed E-state index contributed by atoms with van der Waals surface area (Å²) in [6, 6.07) is 23.3. The fourth-order valence-corrected chi connectivity index (χ4v) is 4.91. The van der Waals surface area contributed by atoms with Crippen LogP contribution in [-0.2, 0) is 11.3 Å². The van der Waals surface area contributed by atoms with Crippen LogP contribution in [-0.4, -0.2) is 36.0 Å². The van der Waals surface area contributed by atoms with Gasteiger partial charge in [-0.1, -0.05) is 55.0 Å². The van der Waals surface area contributed by atoms with Crippen LogP contribution in [0.15, 0.2) is 77.8 Å². The maximum Gasteiger partial charge on any atom is 0.251 e. The zero-order chi connectivity index (χ0) is 24.9. The van der Waals surface area contributed by atoms with Crippen molar-refractivity contribution >= 4 is 29.4 Å². The van der Waals surface area contributed by atoms with Gasteiger partial charge < -0.3 is 10.6 Å². The zero-order valence-corrected chi connectivity index (χ0v) is 20.6. The number of piperidine rings is 1. The van der Waals surface area contributed by atoms with Crippen molar-refractivity contribution < 1.29 is 9.59 Å². The summed E-state index contributed by atoms with van der Waals surface area (Å²) in [5.74, 6) is -0.788. The molecule has 3 aromatic carbocycles. The minimum atomic E-state index is -0.478. The van der Waals surface area contributed by atoms with Crippen LogP contribution < -0.4 is 10.6 Å². The molecule has 5 rings (SSSR count). The number of nitrogens with zero attached hydrogens (tertiary/aromatic N) is 2. The molecule has 6 heteroatoms. The Bertz CT molecular complexity index is 1250. The summed E-state index contributed by atoms with van der Waals surface area (Å²) in [6.07, 6.45) is 5.60. The van der Waals surface area contributed by atoms with Crippen LogP contribution >= 0.6 is 0 Å². The predicted octanol–water partition coefficient (Wildman–Crippen LogP) is 5.60. The zero-order valence-electron chi connectivity index (χ0n) is 20.6. The van der Waals surface area contributed by atoms with Gasteiger partial charge in [-0.2, -0.15) is 0 Å². The van der Waals surface area contributed by atoms with Crippen LogP contribution in [0.2, 0.25) is 0 Å². The Morgan fingerprint density at radius 2 is 1.81 bits per heavy atom. The Morgan fingerprint density at radius 1 is 1.06 bits per heavy atom. The highest BCUT2D eigenvalue weighted by Crippen LogP contribution is 2.33. The number of fused-ring (bicyclic) bond motifs is 1. The number of hydrogen-bond acceptors (Lipinski definition) is 4. The van der Waals surface area contributed by atoms with E-state index in [2.05, 4.69) is 32.7 Å². The van der Waals surface area contributed by atoms with Gasteiger partial charge in [0.25, 0.3) is 5.91 Å². The summed E-state index contributed by atoms with van der Waals surface area (Å²) in [6.45, 7) is 5.27. The molecule has 2 heterocycles.